The average Bonchev–Trinajstić information content (AvgIpc) is 3.05. The lowest BCUT2D eigenvalue weighted by molar-refractivity contribution is 0.0214. The molecule has 0 aliphatic heterocycles. The molecule has 3 aromatic rings. The van der Waals surface area contributed by atoms with Crippen LogP contribution in [0.15, 0.2) is 84.9 Å². The molecule has 0 bridgehead atoms. The van der Waals surface area contributed by atoms with Crippen molar-refractivity contribution in [3.8, 4) is 5.75 Å². The number of carbonyl (C=O) groups is 2. The van der Waals surface area contributed by atoms with Crippen LogP contribution < -0.4 is 20.7 Å². The lowest BCUT2D eigenvalue weighted by Crippen LogP contribution is -2.53. The Bertz CT molecular complexity index is 1440. The van der Waals surface area contributed by atoms with Crippen LogP contribution in [-0.4, -0.2) is 83.7 Å². The van der Waals surface area contributed by atoms with Crippen molar-refractivity contribution in [1.29, 1.82) is 0 Å². The van der Waals surface area contributed by atoms with Gasteiger partial charge in [0.05, 0.1) is 37.0 Å². The lowest BCUT2D eigenvalue weighted by Gasteiger charge is -2.29. The first-order valence-electron chi connectivity index (χ1n) is 17.5. The van der Waals surface area contributed by atoms with Gasteiger partial charge in [-0.05, 0) is 90.1 Å². The standard InChI is InChI=1S/C40H57N3O8/c1-28(48-27-31-16-12-9-13-17-31)26-49-32-20-18-30(19-21-32)23-34(43-38(47)51-40(5,6)7)36(45)25-41-24-35(44)33(22-29-14-10-8-11-15-29)42-37(46)50-39(2,3)4/h8-21,28,33-36,41,44-45H,22-27H2,1-7H3,(H,42,46)(H,43,47)/t28?,33-,34-,35+,36+/m0/s1. The first kappa shape index (κ1) is 41.3. The minimum Gasteiger partial charge on any atom is -0.491 e. The molecule has 0 spiro atoms. The van der Waals surface area contributed by atoms with Crippen molar-refractivity contribution in [2.24, 2.45) is 0 Å². The van der Waals surface area contributed by atoms with Gasteiger partial charge in [0.15, 0.2) is 0 Å². The SMILES string of the molecule is CC(COc1ccc(C[C@H](NC(=O)OC(C)(C)C)[C@H](O)CNC[C@@H](O)[C@H](Cc2ccccc2)NC(=O)OC(C)(C)C)cc1)OCc1ccccc1. The molecule has 51 heavy (non-hydrogen) atoms. The van der Waals surface area contributed by atoms with Gasteiger partial charge < -0.3 is 45.1 Å². The van der Waals surface area contributed by atoms with E-state index in [1.54, 1.807) is 41.5 Å². The van der Waals surface area contributed by atoms with E-state index < -0.39 is 47.7 Å². The summed E-state index contributed by atoms with van der Waals surface area (Å²) in [6.07, 6.45) is -2.79. The zero-order chi connectivity index (χ0) is 37.4. The quantitative estimate of drug-likeness (QED) is 0.115. The molecule has 5 N–H and O–H groups in total. The van der Waals surface area contributed by atoms with Crippen LogP contribution in [0.25, 0.3) is 0 Å². The van der Waals surface area contributed by atoms with Gasteiger partial charge in [0.2, 0.25) is 0 Å². The van der Waals surface area contributed by atoms with Gasteiger partial charge >= 0.3 is 12.2 Å². The molecular formula is C40H57N3O8. The molecule has 0 saturated heterocycles. The zero-order valence-corrected chi connectivity index (χ0v) is 31.1. The molecule has 0 radical (unpaired) electrons. The van der Waals surface area contributed by atoms with Crippen molar-refractivity contribution in [2.45, 2.75) is 110 Å². The topological polar surface area (TPSA) is 148 Å². The molecule has 0 heterocycles. The predicted molar refractivity (Wildman–Crippen MR) is 198 cm³/mol. The molecule has 2 amide bonds. The summed E-state index contributed by atoms with van der Waals surface area (Å²) in [6.45, 7) is 13.6. The van der Waals surface area contributed by atoms with E-state index in [0.29, 0.717) is 31.8 Å². The predicted octanol–water partition coefficient (Wildman–Crippen LogP) is 5.55. The summed E-state index contributed by atoms with van der Waals surface area (Å²) in [5.41, 5.74) is 1.47. The Balaban J connectivity index is 1.59. The van der Waals surface area contributed by atoms with Crippen molar-refractivity contribution in [3.63, 3.8) is 0 Å². The molecule has 1 unspecified atom stereocenters. The molecule has 0 saturated carbocycles. The van der Waals surface area contributed by atoms with E-state index in [1.165, 1.54) is 0 Å². The Morgan fingerprint density at radius 1 is 0.647 bits per heavy atom. The second kappa shape index (κ2) is 20.0. The highest BCUT2D eigenvalue weighted by Gasteiger charge is 2.28. The zero-order valence-electron chi connectivity index (χ0n) is 31.1. The smallest absolute Gasteiger partial charge is 0.407 e. The number of hydrogen-bond acceptors (Lipinski definition) is 9. The number of nitrogens with one attached hydrogen (secondary N) is 3. The molecule has 0 aliphatic rings. The molecule has 11 heteroatoms. The fourth-order valence-corrected chi connectivity index (χ4v) is 5.07. The van der Waals surface area contributed by atoms with Crippen LogP contribution in [-0.2, 0) is 33.7 Å². The van der Waals surface area contributed by atoms with E-state index in [0.717, 1.165) is 16.7 Å². The van der Waals surface area contributed by atoms with E-state index in [9.17, 15) is 19.8 Å². The van der Waals surface area contributed by atoms with Gasteiger partial charge in [-0.2, -0.15) is 0 Å². The summed E-state index contributed by atoms with van der Waals surface area (Å²) < 4.78 is 22.7. The highest BCUT2D eigenvalue weighted by atomic mass is 16.6. The number of amides is 2. The molecular weight excluding hydrogens is 650 g/mol. The molecule has 11 nitrogen and oxygen atoms in total. The van der Waals surface area contributed by atoms with Crippen LogP contribution in [0.4, 0.5) is 9.59 Å². The van der Waals surface area contributed by atoms with Crippen LogP contribution in [0, 0.1) is 0 Å². The van der Waals surface area contributed by atoms with Crippen LogP contribution in [0.1, 0.15) is 65.2 Å². The Morgan fingerprint density at radius 2 is 1.08 bits per heavy atom. The van der Waals surface area contributed by atoms with Crippen molar-refractivity contribution < 1.29 is 38.7 Å². The van der Waals surface area contributed by atoms with Crippen LogP contribution in [0.3, 0.4) is 0 Å². The number of alkyl carbamates (subject to hydrolysis) is 2. The molecule has 0 aromatic heterocycles. The van der Waals surface area contributed by atoms with Crippen molar-refractivity contribution in [2.75, 3.05) is 19.7 Å². The van der Waals surface area contributed by atoms with E-state index >= 15 is 0 Å². The number of hydrogen-bond donors (Lipinski definition) is 5. The van der Waals surface area contributed by atoms with Gasteiger partial charge in [0.25, 0.3) is 0 Å². The molecule has 280 valence electrons. The second-order valence-corrected chi connectivity index (χ2v) is 14.8. The lowest BCUT2D eigenvalue weighted by atomic mass is 10.00. The third-order valence-corrected chi connectivity index (χ3v) is 7.58. The van der Waals surface area contributed by atoms with Gasteiger partial charge in [-0.15, -0.1) is 0 Å². The fraction of sp³-hybridized carbons (Fsp3) is 0.500. The molecule has 0 aliphatic carbocycles. The highest BCUT2D eigenvalue weighted by molar-refractivity contribution is 5.68. The third kappa shape index (κ3) is 17.1. The summed E-state index contributed by atoms with van der Waals surface area (Å²) in [5.74, 6) is 0.673. The number of ether oxygens (including phenoxy) is 4. The Morgan fingerprint density at radius 3 is 1.53 bits per heavy atom. The van der Waals surface area contributed by atoms with Gasteiger partial charge in [-0.1, -0.05) is 72.8 Å². The number of aliphatic hydroxyl groups excluding tert-OH is 2. The summed E-state index contributed by atoms with van der Waals surface area (Å²) in [4.78, 5) is 25.4. The van der Waals surface area contributed by atoms with Gasteiger partial charge in [0.1, 0.15) is 23.6 Å². The highest BCUT2D eigenvalue weighted by Crippen LogP contribution is 2.17. The Labute approximate surface area is 303 Å². The van der Waals surface area contributed by atoms with Gasteiger partial charge in [-0.25, -0.2) is 9.59 Å². The maximum absolute atomic E-state index is 12.8. The molecule has 0 fully saturated rings. The largest absolute Gasteiger partial charge is 0.491 e. The third-order valence-electron chi connectivity index (χ3n) is 7.58. The fourth-order valence-electron chi connectivity index (χ4n) is 5.07. The van der Waals surface area contributed by atoms with Crippen LogP contribution in [0.5, 0.6) is 5.75 Å². The summed E-state index contributed by atoms with van der Waals surface area (Å²) in [6, 6.07) is 25.5. The first-order chi connectivity index (χ1) is 24.1. The first-order valence-corrected chi connectivity index (χ1v) is 17.5. The summed E-state index contributed by atoms with van der Waals surface area (Å²) in [7, 11) is 0. The monoisotopic (exact) mass is 707 g/mol. The number of carbonyl (C=O) groups excluding carboxylic acids is 2. The van der Waals surface area contributed by atoms with Crippen molar-refractivity contribution in [3.05, 3.63) is 102 Å². The summed E-state index contributed by atoms with van der Waals surface area (Å²) >= 11 is 0. The van der Waals surface area contributed by atoms with Crippen molar-refractivity contribution >= 4 is 12.2 Å². The average molecular weight is 708 g/mol. The maximum atomic E-state index is 12.8. The second-order valence-electron chi connectivity index (χ2n) is 14.8. The number of aliphatic hydroxyl groups is 2. The summed E-state index contributed by atoms with van der Waals surface area (Å²) in [5, 5.41) is 31.1. The maximum Gasteiger partial charge on any atom is 0.407 e. The van der Waals surface area contributed by atoms with E-state index in [-0.39, 0.29) is 19.2 Å². The molecule has 3 rings (SSSR count). The van der Waals surface area contributed by atoms with Gasteiger partial charge in [-0.3, -0.25) is 0 Å². The van der Waals surface area contributed by atoms with E-state index in [4.69, 9.17) is 18.9 Å². The van der Waals surface area contributed by atoms with Gasteiger partial charge in [0, 0.05) is 13.1 Å². The minimum absolute atomic E-state index is 0.0457. The molecule has 3 aromatic carbocycles. The Hall–Kier alpha value is -4.16. The normalized spacial score (nSPS) is 14.8. The minimum atomic E-state index is -1.05. The number of rotatable bonds is 18. The van der Waals surface area contributed by atoms with Crippen LogP contribution >= 0.6 is 0 Å². The van der Waals surface area contributed by atoms with E-state index in [1.807, 2.05) is 91.9 Å². The van der Waals surface area contributed by atoms with E-state index in [2.05, 4.69) is 16.0 Å². The Kier molecular flexibility index (Phi) is 16.2. The molecule has 5 atom stereocenters. The van der Waals surface area contributed by atoms with Crippen LogP contribution in [0.2, 0.25) is 0 Å². The number of benzene rings is 3. The van der Waals surface area contributed by atoms with Crippen molar-refractivity contribution in [1.82, 2.24) is 16.0 Å².